The van der Waals surface area contributed by atoms with E-state index >= 15 is 0 Å². The van der Waals surface area contributed by atoms with Crippen LogP contribution in [0.3, 0.4) is 0 Å². The van der Waals surface area contributed by atoms with E-state index in [4.69, 9.17) is 0 Å². The van der Waals surface area contributed by atoms with Gasteiger partial charge in [0.05, 0.1) is 0 Å². The number of nitrogens with one attached hydrogen (secondary N) is 2. The van der Waals surface area contributed by atoms with Crippen LogP contribution in [0.4, 0.5) is 11.6 Å². The monoisotopic (exact) mass is 282 g/mol. The van der Waals surface area contributed by atoms with Gasteiger partial charge in [0.1, 0.15) is 17.5 Å². The number of hydrogen-bond donors (Lipinski definition) is 2. The number of rotatable bonds is 7. The highest BCUT2D eigenvalue weighted by Gasteiger charge is 2.12. The maximum absolute atomic E-state index is 4.64. The van der Waals surface area contributed by atoms with Crippen molar-refractivity contribution in [3.8, 4) is 0 Å². The average molecular weight is 282 g/mol. The van der Waals surface area contributed by atoms with Gasteiger partial charge in [-0.05, 0) is 24.9 Å². The van der Waals surface area contributed by atoms with E-state index in [2.05, 4.69) is 54.6 Å². The Bertz CT molecular complexity index is 407. The Balaban J connectivity index is 2.89. The SMILES string of the molecule is CNc1nc(C(C)C)nc(NCC(C)CSC)c1C. The number of anilines is 2. The van der Waals surface area contributed by atoms with Crippen LogP contribution >= 0.6 is 11.8 Å². The van der Waals surface area contributed by atoms with Crippen LogP contribution in [0.2, 0.25) is 0 Å². The van der Waals surface area contributed by atoms with Gasteiger partial charge in [-0.25, -0.2) is 9.97 Å². The Morgan fingerprint density at radius 3 is 2.32 bits per heavy atom. The summed E-state index contributed by atoms with van der Waals surface area (Å²) in [4.78, 5) is 9.19. The Morgan fingerprint density at radius 1 is 1.16 bits per heavy atom. The number of aromatic nitrogens is 2. The highest BCUT2D eigenvalue weighted by Crippen LogP contribution is 2.23. The Hall–Kier alpha value is -0.970. The summed E-state index contributed by atoms with van der Waals surface area (Å²) in [5.74, 6) is 4.87. The normalized spacial score (nSPS) is 12.6. The van der Waals surface area contributed by atoms with Gasteiger partial charge in [0, 0.05) is 25.1 Å². The predicted octanol–water partition coefficient (Wildman–Crippen LogP) is 3.36. The topological polar surface area (TPSA) is 49.8 Å². The van der Waals surface area contributed by atoms with Gasteiger partial charge < -0.3 is 10.6 Å². The van der Waals surface area contributed by atoms with E-state index in [9.17, 15) is 0 Å². The lowest BCUT2D eigenvalue weighted by atomic mass is 10.2. The quantitative estimate of drug-likeness (QED) is 0.803. The molecule has 19 heavy (non-hydrogen) atoms. The molecule has 108 valence electrons. The highest BCUT2D eigenvalue weighted by atomic mass is 32.2. The first-order chi connectivity index (χ1) is 8.99. The minimum Gasteiger partial charge on any atom is -0.373 e. The van der Waals surface area contributed by atoms with E-state index in [-0.39, 0.29) is 0 Å². The van der Waals surface area contributed by atoms with Crippen molar-refractivity contribution < 1.29 is 0 Å². The average Bonchev–Trinajstić information content (AvgIpc) is 2.37. The van der Waals surface area contributed by atoms with Crippen LogP contribution in [0, 0.1) is 12.8 Å². The molecule has 0 amide bonds. The Kier molecular flexibility index (Phi) is 6.42. The zero-order chi connectivity index (χ0) is 14.4. The molecule has 0 aliphatic heterocycles. The molecule has 1 atom stereocenters. The van der Waals surface area contributed by atoms with Crippen molar-refractivity contribution in [2.45, 2.75) is 33.6 Å². The lowest BCUT2D eigenvalue weighted by Gasteiger charge is -2.17. The molecule has 0 bridgehead atoms. The lowest BCUT2D eigenvalue weighted by molar-refractivity contribution is 0.695. The highest BCUT2D eigenvalue weighted by molar-refractivity contribution is 7.98. The zero-order valence-electron chi connectivity index (χ0n) is 12.9. The predicted molar refractivity (Wildman–Crippen MR) is 86.4 cm³/mol. The molecule has 4 nitrogen and oxygen atoms in total. The van der Waals surface area contributed by atoms with Crippen LogP contribution in [0.15, 0.2) is 0 Å². The molecule has 0 radical (unpaired) electrons. The third-order valence-corrected chi connectivity index (χ3v) is 3.89. The third-order valence-electron chi connectivity index (χ3n) is 2.99. The van der Waals surface area contributed by atoms with Gasteiger partial charge in [0.2, 0.25) is 0 Å². The minimum atomic E-state index is 0.330. The van der Waals surface area contributed by atoms with Crippen LogP contribution in [0.1, 0.15) is 38.1 Å². The van der Waals surface area contributed by atoms with Gasteiger partial charge in [-0.3, -0.25) is 0 Å². The first-order valence-electron chi connectivity index (χ1n) is 6.78. The van der Waals surface area contributed by atoms with Crippen molar-refractivity contribution in [3.63, 3.8) is 0 Å². The fourth-order valence-corrected chi connectivity index (χ4v) is 2.51. The molecule has 5 heteroatoms. The Morgan fingerprint density at radius 2 is 1.79 bits per heavy atom. The third kappa shape index (κ3) is 4.56. The number of thioether (sulfide) groups is 1. The van der Waals surface area contributed by atoms with Gasteiger partial charge in [-0.15, -0.1) is 0 Å². The summed E-state index contributed by atoms with van der Waals surface area (Å²) in [5, 5.41) is 6.61. The van der Waals surface area contributed by atoms with Crippen molar-refractivity contribution in [2.24, 2.45) is 5.92 Å². The van der Waals surface area contributed by atoms with E-state index < -0.39 is 0 Å². The van der Waals surface area contributed by atoms with Crippen molar-refractivity contribution in [1.29, 1.82) is 0 Å². The van der Waals surface area contributed by atoms with E-state index in [1.54, 1.807) is 0 Å². The molecule has 0 fully saturated rings. The van der Waals surface area contributed by atoms with Crippen LogP contribution < -0.4 is 10.6 Å². The molecule has 1 rings (SSSR count). The van der Waals surface area contributed by atoms with Gasteiger partial charge in [0.25, 0.3) is 0 Å². The smallest absolute Gasteiger partial charge is 0.135 e. The van der Waals surface area contributed by atoms with Crippen LogP contribution in [-0.2, 0) is 0 Å². The molecule has 1 heterocycles. The summed E-state index contributed by atoms with van der Waals surface area (Å²) >= 11 is 1.88. The van der Waals surface area contributed by atoms with Gasteiger partial charge >= 0.3 is 0 Å². The summed E-state index contributed by atoms with van der Waals surface area (Å²) < 4.78 is 0. The molecule has 1 aromatic heterocycles. The molecular formula is C14H26N4S. The van der Waals surface area contributed by atoms with Crippen molar-refractivity contribution in [3.05, 3.63) is 11.4 Å². The van der Waals surface area contributed by atoms with Crippen LogP contribution in [0.5, 0.6) is 0 Å². The second-order valence-corrected chi connectivity index (χ2v) is 6.16. The molecule has 2 N–H and O–H groups in total. The zero-order valence-corrected chi connectivity index (χ0v) is 13.7. The number of nitrogens with zero attached hydrogens (tertiary/aromatic N) is 2. The fraction of sp³-hybridized carbons (Fsp3) is 0.714. The van der Waals surface area contributed by atoms with Crippen molar-refractivity contribution >= 4 is 23.4 Å². The molecule has 0 aromatic carbocycles. The summed E-state index contributed by atoms with van der Waals surface area (Å²) in [5.41, 5.74) is 1.09. The molecule has 0 spiro atoms. The number of hydrogen-bond acceptors (Lipinski definition) is 5. The second-order valence-electron chi connectivity index (χ2n) is 5.25. The van der Waals surface area contributed by atoms with E-state index in [1.807, 2.05) is 18.8 Å². The molecule has 0 aliphatic carbocycles. The van der Waals surface area contributed by atoms with E-state index in [0.717, 1.165) is 35.3 Å². The fourth-order valence-electron chi connectivity index (χ4n) is 1.82. The van der Waals surface area contributed by atoms with Crippen molar-refractivity contribution in [1.82, 2.24) is 9.97 Å². The van der Waals surface area contributed by atoms with Crippen LogP contribution in [-0.4, -0.2) is 35.6 Å². The van der Waals surface area contributed by atoms with Crippen molar-refractivity contribution in [2.75, 3.05) is 36.2 Å². The van der Waals surface area contributed by atoms with E-state index in [1.165, 1.54) is 0 Å². The van der Waals surface area contributed by atoms with Gasteiger partial charge in [-0.1, -0.05) is 20.8 Å². The maximum atomic E-state index is 4.64. The molecule has 0 aliphatic rings. The molecular weight excluding hydrogens is 256 g/mol. The summed E-state index contributed by atoms with van der Waals surface area (Å²) in [6.45, 7) is 9.48. The summed E-state index contributed by atoms with van der Waals surface area (Å²) in [6, 6.07) is 0. The molecule has 0 saturated carbocycles. The molecule has 1 unspecified atom stereocenters. The standard InChI is InChI=1S/C14H26N4S/c1-9(2)12-17-13(15-5)11(4)14(18-12)16-7-10(3)8-19-6/h9-10H,7-8H2,1-6H3,(H2,15,16,17,18). The second kappa shape index (κ2) is 7.58. The first-order valence-corrected chi connectivity index (χ1v) is 8.18. The molecule has 1 aromatic rings. The maximum Gasteiger partial charge on any atom is 0.135 e. The van der Waals surface area contributed by atoms with Gasteiger partial charge in [0.15, 0.2) is 0 Å². The van der Waals surface area contributed by atoms with E-state index in [0.29, 0.717) is 11.8 Å². The largest absolute Gasteiger partial charge is 0.373 e. The summed E-state index contributed by atoms with van der Waals surface area (Å²) in [7, 11) is 1.90. The first kappa shape index (κ1) is 16.1. The lowest BCUT2D eigenvalue weighted by Crippen LogP contribution is -2.17. The minimum absolute atomic E-state index is 0.330. The van der Waals surface area contributed by atoms with Gasteiger partial charge in [-0.2, -0.15) is 11.8 Å². The summed E-state index contributed by atoms with van der Waals surface area (Å²) in [6.07, 6.45) is 2.14. The van der Waals surface area contributed by atoms with Crippen LogP contribution in [0.25, 0.3) is 0 Å². The molecule has 0 saturated heterocycles. The Labute approximate surface area is 121 Å².